The summed E-state index contributed by atoms with van der Waals surface area (Å²) in [6.07, 6.45) is 0.359. The first-order valence-corrected chi connectivity index (χ1v) is 11.0. The maximum Gasteiger partial charge on any atom is 0.338 e. The average Bonchev–Trinajstić information content (AvgIpc) is 2.75. The molecule has 0 bridgehead atoms. The Labute approximate surface area is 186 Å². The van der Waals surface area contributed by atoms with Crippen molar-refractivity contribution in [1.29, 1.82) is 0 Å². The van der Waals surface area contributed by atoms with Crippen LogP contribution in [-0.2, 0) is 14.3 Å². The van der Waals surface area contributed by atoms with E-state index in [0.717, 1.165) is 0 Å². The Bertz CT molecular complexity index is 915. The number of methoxy groups -OCH3 is 3. The molecule has 0 aromatic heterocycles. The van der Waals surface area contributed by atoms with E-state index in [0.29, 0.717) is 51.4 Å². The topological polar surface area (TPSA) is 86.7 Å². The van der Waals surface area contributed by atoms with Gasteiger partial charge in [-0.1, -0.05) is 25.6 Å². The van der Waals surface area contributed by atoms with E-state index in [-0.39, 0.29) is 18.4 Å². The van der Waals surface area contributed by atoms with Gasteiger partial charge in [0.2, 0.25) is 11.7 Å². The Morgan fingerprint density at radius 1 is 1.19 bits per heavy atom. The molecule has 2 aliphatic heterocycles. The summed E-state index contributed by atoms with van der Waals surface area (Å²) in [4.78, 5) is 32.2. The maximum absolute atomic E-state index is 13.1. The van der Waals surface area contributed by atoms with E-state index in [1.807, 2.05) is 13.8 Å². The minimum Gasteiger partial charge on any atom is -0.493 e. The molecule has 0 spiro atoms. The highest BCUT2D eigenvalue weighted by atomic mass is 32.2. The summed E-state index contributed by atoms with van der Waals surface area (Å²) >= 11 is 1.49. The highest BCUT2D eigenvalue weighted by molar-refractivity contribution is 8.14. The second-order valence-corrected chi connectivity index (χ2v) is 8.67. The van der Waals surface area contributed by atoms with Gasteiger partial charge in [-0.15, -0.1) is 0 Å². The number of amidine groups is 1. The molecule has 2 heterocycles. The van der Waals surface area contributed by atoms with Gasteiger partial charge >= 0.3 is 5.97 Å². The second kappa shape index (κ2) is 9.64. The monoisotopic (exact) mass is 448 g/mol. The predicted octanol–water partition coefficient (Wildman–Crippen LogP) is 3.56. The number of hydrogen-bond acceptors (Lipinski definition) is 8. The lowest BCUT2D eigenvalue weighted by molar-refractivity contribution is -0.141. The van der Waals surface area contributed by atoms with E-state index in [2.05, 4.69) is 4.99 Å². The van der Waals surface area contributed by atoms with Crippen LogP contribution in [0.1, 0.15) is 38.8 Å². The first kappa shape index (κ1) is 23.0. The Morgan fingerprint density at radius 2 is 1.84 bits per heavy atom. The minimum absolute atomic E-state index is 0.0992. The molecule has 0 N–H and O–H groups in total. The van der Waals surface area contributed by atoms with Gasteiger partial charge in [-0.2, -0.15) is 0 Å². The lowest BCUT2D eigenvalue weighted by Gasteiger charge is -2.39. The molecule has 0 aliphatic carbocycles. The average molecular weight is 449 g/mol. The fourth-order valence-electron chi connectivity index (χ4n) is 3.55. The summed E-state index contributed by atoms with van der Waals surface area (Å²) < 4.78 is 22.0. The third-order valence-corrected chi connectivity index (χ3v) is 5.93. The van der Waals surface area contributed by atoms with E-state index >= 15 is 0 Å². The standard InChI is InChI=1S/C22H28N2O6S/c1-12(2)11-30-21(26)18-13(3)23-22-24(17(25)7-8-31-22)19(18)14-9-15(27-4)20(29-6)16(10-14)28-5/h9-10,12,19H,7-8,11H2,1-6H3/t19-/m0/s1. The number of thioether (sulfide) groups is 1. The van der Waals surface area contributed by atoms with Crippen LogP contribution < -0.4 is 14.2 Å². The fraction of sp³-hybridized carbons (Fsp3) is 0.500. The Hall–Kier alpha value is -2.68. The van der Waals surface area contributed by atoms with Gasteiger partial charge in [0.1, 0.15) is 0 Å². The number of rotatable bonds is 7. The molecule has 2 aliphatic rings. The number of aliphatic imine (C=N–C) groups is 1. The van der Waals surface area contributed by atoms with Crippen LogP contribution in [0.2, 0.25) is 0 Å². The summed E-state index contributed by atoms with van der Waals surface area (Å²) in [6, 6.07) is 2.80. The molecule has 1 aromatic rings. The number of allylic oxidation sites excluding steroid dienone is 1. The van der Waals surface area contributed by atoms with Crippen LogP contribution in [0.3, 0.4) is 0 Å². The second-order valence-electron chi connectivity index (χ2n) is 7.61. The SMILES string of the molecule is COc1cc([C@H]2C(C(=O)OCC(C)C)=C(C)N=C3SCCC(=O)N32)cc(OC)c1OC. The molecular weight excluding hydrogens is 420 g/mol. The molecule has 31 heavy (non-hydrogen) atoms. The van der Waals surface area contributed by atoms with E-state index in [1.54, 1.807) is 24.0 Å². The number of benzene rings is 1. The Morgan fingerprint density at radius 3 is 2.39 bits per heavy atom. The van der Waals surface area contributed by atoms with Crippen molar-refractivity contribution in [2.24, 2.45) is 10.9 Å². The van der Waals surface area contributed by atoms with Crippen molar-refractivity contribution in [3.8, 4) is 17.2 Å². The number of carbonyl (C=O) groups excluding carboxylic acids is 2. The number of fused-ring (bicyclic) bond motifs is 1. The van der Waals surface area contributed by atoms with Crippen molar-refractivity contribution in [3.63, 3.8) is 0 Å². The molecule has 1 atom stereocenters. The Kier molecular flexibility index (Phi) is 7.15. The molecule has 1 aromatic carbocycles. The summed E-state index contributed by atoms with van der Waals surface area (Å²) in [7, 11) is 4.57. The zero-order valence-electron chi connectivity index (χ0n) is 18.7. The molecule has 1 fully saturated rings. The smallest absolute Gasteiger partial charge is 0.338 e. The van der Waals surface area contributed by atoms with Gasteiger partial charge in [-0.05, 0) is 30.5 Å². The highest BCUT2D eigenvalue weighted by Crippen LogP contribution is 2.45. The van der Waals surface area contributed by atoms with Crippen LogP contribution in [0.15, 0.2) is 28.4 Å². The highest BCUT2D eigenvalue weighted by Gasteiger charge is 2.42. The first-order valence-electron chi connectivity index (χ1n) is 10.0. The van der Waals surface area contributed by atoms with Crippen LogP contribution in [0.5, 0.6) is 17.2 Å². The molecule has 3 rings (SSSR count). The number of carbonyl (C=O) groups is 2. The van der Waals surface area contributed by atoms with Crippen molar-refractivity contribution in [3.05, 3.63) is 29.0 Å². The van der Waals surface area contributed by atoms with Crippen LogP contribution in [0.4, 0.5) is 0 Å². The van der Waals surface area contributed by atoms with E-state index in [1.165, 1.54) is 33.1 Å². The molecule has 168 valence electrons. The van der Waals surface area contributed by atoms with Crippen LogP contribution in [-0.4, -0.2) is 55.6 Å². The molecule has 0 radical (unpaired) electrons. The van der Waals surface area contributed by atoms with E-state index in [4.69, 9.17) is 18.9 Å². The molecule has 0 saturated carbocycles. The van der Waals surface area contributed by atoms with Gasteiger partial charge in [0.25, 0.3) is 0 Å². The zero-order chi connectivity index (χ0) is 22.7. The van der Waals surface area contributed by atoms with Crippen molar-refractivity contribution in [2.75, 3.05) is 33.7 Å². The third kappa shape index (κ3) is 4.51. The van der Waals surface area contributed by atoms with E-state index in [9.17, 15) is 9.59 Å². The van der Waals surface area contributed by atoms with Crippen LogP contribution >= 0.6 is 11.8 Å². The van der Waals surface area contributed by atoms with Gasteiger partial charge in [0.05, 0.1) is 45.2 Å². The van der Waals surface area contributed by atoms with E-state index < -0.39 is 12.0 Å². The molecule has 1 saturated heterocycles. The number of ether oxygens (including phenoxy) is 4. The lowest BCUT2D eigenvalue weighted by Crippen LogP contribution is -2.46. The van der Waals surface area contributed by atoms with Crippen LogP contribution in [0.25, 0.3) is 0 Å². The normalized spacial score (nSPS) is 18.5. The lowest BCUT2D eigenvalue weighted by atomic mass is 9.93. The number of hydrogen-bond donors (Lipinski definition) is 0. The molecular formula is C22H28N2O6S. The molecule has 9 heteroatoms. The maximum atomic E-state index is 13.1. The van der Waals surface area contributed by atoms with Crippen molar-refractivity contribution in [2.45, 2.75) is 33.2 Å². The Balaban J connectivity index is 2.18. The molecule has 8 nitrogen and oxygen atoms in total. The largest absolute Gasteiger partial charge is 0.493 e. The van der Waals surface area contributed by atoms with Crippen molar-refractivity contribution in [1.82, 2.24) is 4.90 Å². The summed E-state index contributed by atoms with van der Waals surface area (Å²) in [5, 5.41) is 0.577. The number of esters is 1. The van der Waals surface area contributed by atoms with Gasteiger partial charge < -0.3 is 18.9 Å². The third-order valence-electron chi connectivity index (χ3n) is 4.98. The molecule has 1 amide bonds. The fourth-order valence-corrected chi connectivity index (χ4v) is 4.56. The van der Waals surface area contributed by atoms with Gasteiger partial charge in [-0.3, -0.25) is 9.69 Å². The summed E-state index contributed by atoms with van der Waals surface area (Å²) in [6.45, 7) is 5.97. The first-order chi connectivity index (χ1) is 14.8. The number of amides is 1. The van der Waals surface area contributed by atoms with Gasteiger partial charge in [-0.25, -0.2) is 9.79 Å². The number of nitrogens with zero attached hydrogens (tertiary/aromatic N) is 2. The van der Waals surface area contributed by atoms with Crippen LogP contribution in [0, 0.1) is 5.92 Å². The quantitative estimate of drug-likeness (QED) is 0.590. The predicted molar refractivity (Wildman–Crippen MR) is 119 cm³/mol. The van der Waals surface area contributed by atoms with Crippen molar-refractivity contribution < 1.29 is 28.5 Å². The summed E-state index contributed by atoms with van der Waals surface area (Å²) in [5.74, 6) is 1.54. The minimum atomic E-state index is -0.707. The van der Waals surface area contributed by atoms with Gasteiger partial charge in [0.15, 0.2) is 16.7 Å². The molecule has 0 unspecified atom stereocenters. The summed E-state index contributed by atoms with van der Waals surface area (Å²) in [5.41, 5.74) is 1.50. The zero-order valence-corrected chi connectivity index (χ0v) is 19.5. The van der Waals surface area contributed by atoms with Crippen molar-refractivity contribution >= 4 is 28.8 Å². The van der Waals surface area contributed by atoms with Gasteiger partial charge in [0, 0.05) is 12.2 Å².